The summed E-state index contributed by atoms with van der Waals surface area (Å²) in [5, 5.41) is 0. The van der Waals surface area contributed by atoms with E-state index in [1.165, 1.54) is 4.90 Å². The van der Waals surface area contributed by atoms with Crippen molar-refractivity contribution in [2.24, 2.45) is 0 Å². The first-order valence-corrected chi connectivity index (χ1v) is 11.3. The number of imide groups is 1. The van der Waals surface area contributed by atoms with E-state index in [9.17, 15) is 22.8 Å². The van der Waals surface area contributed by atoms with E-state index in [-0.39, 0.29) is 42.3 Å². The molecule has 3 amide bonds. The van der Waals surface area contributed by atoms with Crippen LogP contribution < -0.4 is 4.72 Å². The van der Waals surface area contributed by atoms with Gasteiger partial charge in [-0.2, -0.15) is 0 Å². The molecule has 1 aromatic rings. The zero-order valence-electron chi connectivity index (χ0n) is 17.4. The number of nitrogens with zero attached hydrogens (tertiary/aromatic N) is 2. The first-order chi connectivity index (χ1) is 14.0. The third-order valence-corrected chi connectivity index (χ3v) is 6.80. The Labute approximate surface area is 176 Å². The molecule has 2 saturated heterocycles. The molecule has 2 aliphatic rings. The fourth-order valence-corrected chi connectivity index (χ4v) is 4.60. The van der Waals surface area contributed by atoms with Crippen molar-refractivity contribution in [1.29, 1.82) is 0 Å². The Balaban J connectivity index is 1.50. The van der Waals surface area contributed by atoms with Crippen molar-refractivity contribution in [1.82, 2.24) is 14.5 Å². The summed E-state index contributed by atoms with van der Waals surface area (Å²) in [6, 6.07) is 6.29. The molecule has 10 heteroatoms. The average molecular weight is 438 g/mol. The van der Waals surface area contributed by atoms with Gasteiger partial charge >= 0.3 is 6.09 Å². The predicted octanol–water partition coefficient (Wildman–Crippen LogP) is 1.23. The summed E-state index contributed by atoms with van der Waals surface area (Å²) in [7, 11) is -3.71. The van der Waals surface area contributed by atoms with Gasteiger partial charge in [-0.25, -0.2) is 22.8 Å². The van der Waals surface area contributed by atoms with Gasteiger partial charge in [0.05, 0.1) is 10.9 Å². The molecule has 0 spiro atoms. The highest BCUT2D eigenvalue weighted by molar-refractivity contribution is 7.89. The molecule has 30 heavy (non-hydrogen) atoms. The minimum atomic E-state index is -3.71. The number of benzene rings is 1. The van der Waals surface area contributed by atoms with Gasteiger partial charge in [0.1, 0.15) is 0 Å². The Bertz CT molecular complexity index is 920. The quantitative estimate of drug-likeness (QED) is 0.716. The zero-order chi connectivity index (χ0) is 22.1. The highest BCUT2D eigenvalue weighted by atomic mass is 32.2. The summed E-state index contributed by atoms with van der Waals surface area (Å²) in [4.78, 5) is 38.6. The minimum Gasteiger partial charge on any atom is -0.439 e. The van der Waals surface area contributed by atoms with Crippen LogP contribution in [0.1, 0.15) is 39.2 Å². The van der Waals surface area contributed by atoms with E-state index < -0.39 is 28.1 Å². The number of hydrogen-bond acceptors (Lipinski definition) is 6. The van der Waals surface area contributed by atoms with E-state index in [1.807, 2.05) is 20.8 Å². The Hall–Kier alpha value is -2.46. The summed E-state index contributed by atoms with van der Waals surface area (Å²) in [6.07, 6.45) is -0.201. The summed E-state index contributed by atoms with van der Waals surface area (Å²) >= 11 is 0. The Morgan fingerprint density at radius 1 is 1.20 bits per heavy atom. The second-order valence-electron chi connectivity index (χ2n) is 8.52. The van der Waals surface area contributed by atoms with E-state index in [1.54, 1.807) is 24.3 Å². The molecule has 0 radical (unpaired) electrons. The maximum atomic E-state index is 12.5. The zero-order valence-corrected chi connectivity index (χ0v) is 18.2. The van der Waals surface area contributed by atoms with Crippen molar-refractivity contribution >= 4 is 27.9 Å². The second kappa shape index (κ2) is 8.35. The molecule has 1 atom stereocenters. The number of rotatable bonds is 6. The van der Waals surface area contributed by atoms with Crippen LogP contribution in [-0.4, -0.2) is 68.4 Å². The number of sulfonamides is 1. The first kappa shape index (κ1) is 22.2. The average Bonchev–Trinajstić information content (AvgIpc) is 3.27. The smallest absolute Gasteiger partial charge is 0.417 e. The number of nitrogens with one attached hydrogen (secondary N) is 1. The van der Waals surface area contributed by atoms with Crippen LogP contribution in [0.25, 0.3) is 0 Å². The van der Waals surface area contributed by atoms with Crippen molar-refractivity contribution in [3.63, 3.8) is 0 Å². The molecule has 2 aliphatic heterocycles. The van der Waals surface area contributed by atoms with E-state index >= 15 is 0 Å². The molecule has 2 fully saturated rings. The molecule has 0 saturated carbocycles. The lowest BCUT2D eigenvalue weighted by molar-refractivity contribution is -0.131. The molecule has 1 unspecified atom stereocenters. The van der Waals surface area contributed by atoms with Gasteiger partial charge in [0.15, 0.2) is 6.61 Å². The number of amides is 3. The van der Waals surface area contributed by atoms with Crippen LogP contribution in [0.5, 0.6) is 0 Å². The fourth-order valence-electron chi connectivity index (χ4n) is 3.56. The lowest BCUT2D eigenvalue weighted by Crippen LogP contribution is -2.42. The second-order valence-corrected chi connectivity index (χ2v) is 10.3. The van der Waals surface area contributed by atoms with Crippen molar-refractivity contribution < 1.29 is 27.5 Å². The largest absolute Gasteiger partial charge is 0.439 e. The molecule has 0 bridgehead atoms. The van der Waals surface area contributed by atoms with Crippen molar-refractivity contribution in [2.75, 3.05) is 26.2 Å². The van der Waals surface area contributed by atoms with E-state index in [0.717, 1.165) is 10.5 Å². The van der Waals surface area contributed by atoms with Crippen LogP contribution in [0, 0.1) is 0 Å². The van der Waals surface area contributed by atoms with Crippen molar-refractivity contribution in [2.45, 2.75) is 50.0 Å². The molecule has 1 N–H and O–H groups in total. The predicted molar refractivity (Wildman–Crippen MR) is 108 cm³/mol. The summed E-state index contributed by atoms with van der Waals surface area (Å²) in [5.74, 6) is -0.632. The Morgan fingerprint density at radius 3 is 2.43 bits per heavy atom. The van der Waals surface area contributed by atoms with Crippen LogP contribution in [0.4, 0.5) is 4.79 Å². The van der Waals surface area contributed by atoms with Gasteiger partial charge in [-0.3, -0.25) is 9.59 Å². The van der Waals surface area contributed by atoms with Gasteiger partial charge in [-0.15, -0.1) is 0 Å². The van der Waals surface area contributed by atoms with Crippen LogP contribution >= 0.6 is 0 Å². The number of carbonyl (C=O) groups excluding carboxylic acids is 3. The molecule has 9 nitrogen and oxygen atoms in total. The van der Waals surface area contributed by atoms with Gasteiger partial charge in [0.2, 0.25) is 15.9 Å². The maximum Gasteiger partial charge on any atom is 0.417 e. The normalized spacial score (nSPS) is 20.0. The monoisotopic (exact) mass is 437 g/mol. The van der Waals surface area contributed by atoms with Gasteiger partial charge in [-0.05, 0) is 29.5 Å². The van der Waals surface area contributed by atoms with E-state index in [0.29, 0.717) is 13.0 Å². The van der Waals surface area contributed by atoms with E-state index in [4.69, 9.17) is 4.74 Å². The van der Waals surface area contributed by atoms with Gasteiger partial charge < -0.3 is 9.64 Å². The lowest BCUT2D eigenvalue weighted by atomic mass is 9.87. The Kier molecular flexibility index (Phi) is 6.19. The third-order valence-electron chi connectivity index (χ3n) is 5.33. The lowest BCUT2D eigenvalue weighted by Gasteiger charge is -2.20. The molecule has 3 rings (SSSR count). The molecular formula is C20H27N3O6S. The molecule has 1 aromatic carbocycles. The minimum absolute atomic E-state index is 0.00951. The maximum absolute atomic E-state index is 12.5. The standard InChI is InChI=1S/C20H27N3O6S/c1-20(2,3)14-4-6-16(7-5-14)30(27,28)21-10-8-17(24)22-11-9-15(12-22)23-18(25)13-29-19(23)26/h4-7,15,21H,8-13H2,1-3H3. The molecule has 2 heterocycles. The number of cyclic esters (lactones) is 1. The van der Waals surface area contributed by atoms with Crippen LogP contribution in [-0.2, 0) is 29.8 Å². The summed E-state index contributed by atoms with van der Waals surface area (Å²) in [6.45, 7) is 6.49. The fraction of sp³-hybridized carbons (Fsp3) is 0.550. The number of ether oxygens (including phenoxy) is 1. The SMILES string of the molecule is CC(C)(C)c1ccc(S(=O)(=O)NCCC(=O)N2CCC(N3C(=O)COC3=O)C2)cc1. The van der Waals surface area contributed by atoms with Gasteiger partial charge in [-0.1, -0.05) is 32.9 Å². The number of hydrogen-bond donors (Lipinski definition) is 1. The summed E-state index contributed by atoms with van der Waals surface area (Å²) < 4.78 is 32.1. The molecule has 164 valence electrons. The van der Waals surface area contributed by atoms with Crippen LogP contribution in [0.3, 0.4) is 0 Å². The van der Waals surface area contributed by atoms with E-state index in [2.05, 4.69) is 4.72 Å². The highest BCUT2D eigenvalue weighted by Gasteiger charge is 2.41. The number of carbonyl (C=O) groups is 3. The molecular weight excluding hydrogens is 410 g/mol. The highest BCUT2D eigenvalue weighted by Crippen LogP contribution is 2.23. The summed E-state index contributed by atoms with van der Waals surface area (Å²) in [5.41, 5.74) is 0.951. The number of likely N-dealkylation sites (tertiary alicyclic amines) is 1. The van der Waals surface area contributed by atoms with Gasteiger partial charge in [0.25, 0.3) is 5.91 Å². The van der Waals surface area contributed by atoms with Crippen molar-refractivity contribution in [3.05, 3.63) is 29.8 Å². The van der Waals surface area contributed by atoms with Crippen LogP contribution in [0.15, 0.2) is 29.2 Å². The topological polar surface area (TPSA) is 113 Å². The van der Waals surface area contributed by atoms with Crippen molar-refractivity contribution in [3.8, 4) is 0 Å². The Morgan fingerprint density at radius 2 is 1.87 bits per heavy atom. The molecule has 0 aliphatic carbocycles. The third kappa shape index (κ3) is 4.81. The first-order valence-electron chi connectivity index (χ1n) is 9.86. The van der Waals surface area contributed by atoms with Crippen LogP contribution in [0.2, 0.25) is 0 Å². The molecule has 0 aromatic heterocycles. The van der Waals surface area contributed by atoms with Gasteiger partial charge in [0, 0.05) is 26.1 Å².